The molecule has 0 spiro atoms. The first-order valence-electron chi connectivity index (χ1n) is 6.12. The van der Waals surface area contributed by atoms with Gasteiger partial charge in [-0.25, -0.2) is 0 Å². The number of rotatable bonds is 2. The molecule has 1 unspecified atom stereocenters. The molecule has 0 aliphatic carbocycles. The van der Waals surface area contributed by atoms with Crippen LogP contribution in [0.4, 0.5) is 5.69 Å². The van der Waals surface area contributed by atoms with E-state index in [0.717, 1.165) is 15.9 Å². The van der Waals surface area contributed by atoms with Gasteiger partial charge in [-0.3, -0.25) is 9.89 Å². The van der Waals surface area contributed by atoms with Crippen molar-refractivity contribution in [1.82, 2.24) is 0 Å². The zero-order valence-electron chi connectivity index (χ0n) is 10.8. The molecule has 2 N–H and O–H groups in total. The highest BCUT2D eigenvalue weighted by molar-refractivity contribution is 9.10. The first kappa shape index (κ1) is 13.7. The molecule has 6 heteroatoms. The number of aliphatic imine (C=N–C) groups is 1. The van der Waals surface area contributed by atoms with Gasteiger partial charge in [-0.1, -0.05) is 15.9 Å². The second kappa shape index (κ2) is 4.93. The lowest BCUT2D eigenvalue weighted by Crippen LogP contribution is -2.47. The average molecular weight is 399 g/mol. The Bertz CT molecular complexity index is 665. The smallest absolute Gasteiger partial charge is 0.196 e. The largest absolute Gasteiger partial charge is 0.452 e. The number of hydrogen-bond acceptors (Lipinski definition) is 4. The lowest BCUT2D eigenvalue weighted by Gasteiger charge is -2.34. The van der Waals surface area contributed by atoms with Crippen molar-refractivity contribution in [2.45, 2.75) is 12.5 Å². The molecule has 0 bridgehead atoms. The van der Waals surface area contributed by atoms with Crippen molar-refractivity contribution in [2.75, 3.05) is 11.4 Å². The van der Waals surface area contributed by atoms with Crippen molar-refractivity contribution in [3.8, 4) is 0 Å². The summed E-state index contributed by atoms with van der Waals surface area (Å²) in [6.45, 7) is 2.64. The summed E-state index contributed by atoms with van der Waals surface area (Å²) in [7, 11) is 0. The van der Waals surface area contributed by atoms with E-state index in [1.54, 1.807) is 0 Å². The van der Waals surface area contributed by atoms with Crippen LogP contribution in [0.1, 0.15) is 12.7 Å². The van der Waals surface area contributed by atoms with Crippen LogP contribution in [0.25, 0.3) is 0 Å². The summed E-state index contributed by atoms with van der Waals surface area (Å²) in [5.74, 6) is 1.33. The molecule has 1 aliphatic heterocycles. The SMILES string of the molecule is CC1(c2ccc(Br)o2)CN=C(N)N1c1ccc(Br)cc1. The summed E-state index contributed by atoms with van der Waals surface area (Å²) < 4.78 is 7.46. The Labute approximate surface area is 133 Å². The van der Waals surface area contributed by atoms with Crippen LogP contribution in [0.3, 0.4) is 0 Å². The second-order valence-electron chi connectivity index (χ2n) is 4.86. The van der Waals surface area contributed by atoms with E-state index >= 15 is 0 Å². The highest BCUT2D eigenvalue weighted by Crippen LogP contribution is 2.38. The summed E-state index contributed by atoms with van der Waals surface area (Å²) >= 11 is 6.79. The third kappa shape index (κ3) is 2.16. The normalized spacial score (nSPS) is 22.1. The lowest BCUT2D eigenvalue weighted by atomic mass is 9.97. The van der Waals surface area contributed by atoms with Crippen LogP contribution >= 0.6 is 31.9 Å². The minimum absolute atomic E-state index is 0.413. The molecule has 4 nitrogen and oxygen atoms in total. The highest BCUT2D eigenvalue weighted by atomic mass is 79.9. The number of anilines is 1. The van der Waals surface area contributed by atoms with Crippen molar-refractivity contribution in [3.63, 3.8) is 0 Å². The van der Waals surface area contributed by atoms with Crippen molar-refractivity contribution in [2.24, 2.45) is 10.7 Å². The Balaban J connectivity index is 2.06. The number of furan rings is 1. The van der Waals surface area contributed by atoms with Crippen LogP contribution in [0.5, 0.6) is 0 Å². The van der Waals surface area contributed by atoms with Gasteiger partial charge in [0, 0.05) is 10.2 Å². The summed E-state index contributed by atoms with van der Waals surface area (Å²) in [5, 5.41) is 0. The maximum absolute atomic E-state index is 6.08. The molecule has 20 heavy (non-hydrogen) atoms. The van der Waals surface area contributed by atoms with Gasteiger partial charge >= 0.3 is 0 Å². The van der Waals surface area contributed by atoms with Crippen LogP contribution in [-0.4, -0.2) is 12.5 Å². The third-order valence-corrected chi connectivity index (χ3v) is 4.42. The van der Waals surface area contributed by atoms with E-state index < -0.39 is 5.54 Å². The number of nitrogens with two attached hydrogens (primary N) is 1. The topological polar surface area (TPSA) is 54.8 Å². The molecule has 1 aliphatic rings. The molecule has 0 fully saturated rings. The van der Waals surface area contributed by atoms with Crippen molar-refractivity contribution < 1.29 is 4.42 Å². The minimum Gasteiger partial charge on any atom is -0.452 e. The van der Waals surface area contributed by atoms with Gasteiger partial charge in [0.2, 0.25) is 0 Å². The van der Waals surface area contributed by atoms with Crippen LogP contribution in [0, 0.1) is 0 Å². The Morgan fingerprint density at radius 2 is 1.90 bits per heavy atom. The van der Waals surface area contributed by atoms with Gasteiger partial charge < -0.3 is 10.2 Å². The Hall–Kier alpha value is -1.27. The molecule has 3 rings (SSSR count). The van der Waals surface area contributed by atoms with E-state index in [2.05, 4.69) is 43.8 Å². The van der Waals surface area contributed by atoms with Gasteiger partial charge in [0.25, 0.3) is 0 Å². The fourth-order valence-corrected chi connectivity index (χ4v) is 3.00. The van der Waals surface area contributed by atoms with Gasteiger partial charge in [-0.15, -0.1) is 0 Å². The first-order valence-corrected chi connectivity index (χ1v) is 7.71. The van der Waals surface area contributed by atoms with E-state index in [1.807, 2.05) is 41.3 Å². The predicted molar refractivity (Wildman–Crippen MR) is 86.9 cm³/mol. The lowest BCUT2D eigenvalue weighted by molar-refractivity contribution is 0.378. The van der Waals surface area contributed by atoms with Crippen molar-refractivity contribution >= 4 is 43.5 Å². The molecule has 0 amide bonds. The minimum atomic E-state index is -0.413. The van der Waals surface area contributed by atoms with E-state index in [4.69, 9.17) is 10.2 Å². The van der Waals surface area contributed by atoms with Gasteiger partial charge in [0.15, 0.2) is 10.6 Å². The second-order valence-corrected chi connectivity index (χ2v) is 6.56. The van der Waals surface area contributed by atoms with Crippen LogP contribution in [-0.2, 0) is 5.54 Å². The van der Waals surface area contributed by atoms with Gasteiger partial charge in [0.05, 0.1) is 6.54 Å². The number of halogens is 2. The maximum Gasteiger partial charge on any atom is 0.196 e. The average Bonchev–Trinajstić information content (AvgIpc) is 2.97. The predicted octanol–water partition coefficient (Wildman–Crippen LogP) is 3.85. The molecule has 2 aromatic rings. The molecule has 0 radical (unpaired) electrons. The summed E-state index contributed by atoms with van der Waals surface area (Å²) in [6, 6.07) is 11.8. The number of guanidine groups is 1. The monoisotopic (exact) mass is 397 g/mol. The number of nitrogens with zero attached hydrogens (tertiary/aromatic N) is 2. The van der Waals surface area contributed by atoms with Crippen LogP contribution < -0.4 is 10.6 Å². The Kier molecular flexibility index (Phi) is 3.38. The maximum atomic E-state index is 6.08. The van der Waals surface area contributed by atoms with E-state index in [0.29, 0.717) is 17.2 Å². The molecule has 2 heterocycles. The summed E-state index contributed by atoms with van der Waals surface area (Å²) in [6.07, 6.45) is 0. The third-order valence-electron chi connectivity index (χ3n) is 3.46. The van der Waals surface area contributed by atoms with Crippen LogP contribution in [0.15, 0.2) is 54.9 Å². The fourth-order valence-electron chi connectivity index (χ4n) is 2.43. The van der Waals surface area contributed by atoms with Gasteiger partial charge in [-0.05, 0) is 59.3 Å². The molecular weight excluding hydrogens is 386 g/mol. The molecule has 1 atom stereocenters. The highest BCUT2D eigenvalue weighted by Gasteiger charge is 2.43. The van der Waals surface area contributed by atoms with Crippen molar-refractivity contribution in [3.05, 3.63) is 51.3 Å². The molecular formula is C14H13Br2N3O. The zero-order chi connectivity index (χ0) is 14.3. The summed E-state index contributed by atoms with van der Waals surface area (Å²) in [4.78, 5) is 6.39. The van der Waals surface area contributed by atoms with E-state index in [-0.39, 0.29) is 0 Å². The number of benzene rings is 1. The number of hydrogen-bond donors (Lipinski definition) is 1. The van der Waals surface area contributed by atoms with Crippen molar-refractivity contribution in [1.29, 1.82) is 0 Å². The van der Waals surface area contributed by atoms with Crippen LogP contribution in [0.2, 0.25) is 0 Å². The molecule has 1 aromatic carbocycles. The molecule has 0 saturated heterocycles. The molecule has 0 saturated carbocycles. The van der Waals surface area contributed by atoms with Gasteiger partial charge in [0.1, 0.15) is 11.3 Å². The summed E-state index contributed by atoms with van der Waals surface area (Å²) in [5.41, 5.74) is 6.65. The quantitative estimate of drug-likeness (QED) is 0.835. The van der Waals surface area contributed by atoms with E-state index in [9.17, 15) is 0 Å². The molecule has 1 aromatic heterocycles. The van der Waals surface area contributed by atoms with E-state index in [1.165, 1.54) is 0 Å². The van der Waals surface area contributed by atoms with Gasteiger partial charge in [-0.2, -0.15) is 0 Å². The fraction of sp³-hybridized carbons (Fsp3) is 0.214. The Morgan fingerprint density at radius 1 is 1.20 bits per heavy atom. The standard InChI is InChI=1S/C14H13Br2N3O/c1-14(11-6-7-12(16)20-11)8-18-13(17)19(14)10-4-2-9(15)3-5-10/h2-7H,8H2,1H3,(H2,17,18). The molecule has 104 valence electrons. The first-order chi connectivity index (χ1) is 9.50. The Morgan fingerprint density at radius 3 is 2.50 bits per heavy atom. The zero-order valence-corrected chi connectivity index (χ0v) is 14.0.